The first-order valence-electron chi connectivity index (χ1n) is 12.2. The zero-order valence-corrected chi connectivity index (χ0v) is 22.0. The molecule has 1 saturated heterocycles. The third-order valence-corrected chi connectivity index (χ3v) is 7.48. The highest BCUT2D eigenvalue weighted by Gasteiger charge is 2.48. The van der Waals surface area contributed by atoms with Gasteiger partial charge in [-0.05, 0) is 49.2 Å². The van der Waals surface area contributed by atoms with E-state index in [2.05, 4.69) is 4.98 Å². The maximum atomic E-state index is 13.5. The molecule has 1 atom stereocenters. The average Bonchev–Trinajstić information content (AvgIpc) is 3.43. The smallest absolute Gasteiger partial charge is 0.301 e. The van der Waals surface area contributed by atoms with E-state index in [1.165, 1.54) is 11.8 Å². The number of aliphatic hydroxyl groups is 1. The van der Waals surface area contributed by atoms with E-state index in [0.717, 1.165) is 17.8 Å². The van der Waals surface area contributed by atoms with E-state index in [9.17, 15) is 19.5 Å². The summed E-state index contributed by atoms with van der Waals surface area (Å²) in [7, 11) is 0. The van der Waals surface area contributed by atoms with E-state index in [1.807, 2.05) is 6.92 Å². The number of ketones is 2. The Bertz CT molecular complexity index is 1480. The molecule has 0 unspecified atom stereocenters. The molecule has 3 heterocycles. The van der Waals surface area contributed by atoms with E-state index >= 15 is 0 Å². The van der Waals surface area contributed by atoms with Crippen LogP contribution in [-0.2, 0) is 9.59 Å². The van der Waals surface area contributed by atoms with Gasteiger partial charge in [-0.3, -0.25) is 19.3 Å². The number of Topliss-reactive ketones (excluding diaryl/α,β-unsaturated/α-hetero) is 2. The van der Waals surface area contributed by atoms with Crippen LogP contribution >= 0.6 is 11.3 Å². The molecular weight excluding hydrogens is 508 g/mol. The number of rotatable bonds is 7. The number of aliphatic hydroxyl groups excluding tert-OH is 1. The van der Waals surface area contributed by atoms with E-state index in [4.69, 9.17) is 14.2 Å². The molecule has 5 rings (SSSR count). The van der Waals surface area contributed by atoms with Gasteiger partial charge in [-0.25, -0.2) is 4.98 Å². The lowest BCUT2D eigenvalue weighted by molar-refractivity contribution is -0.132. The zero-order chi connectivity index (χ0) is 27.0. The minimum atomic E-state index is -1.00. The van der Waals surface area contributed by atoms with Gasteiger partial charge in [0.25, 0.3) is 5.78 Å². The summed E-state index contributed by atoms with van der Waals surface area (Å²) in [6, 6.07) is 10.9. The lowest BCUT2D eigenvalue weighted by atomic mass is 9.95. The Balaban J connectivity index is 1.68. The van der Waals surface area contributed by atoms with Crippen LogP contribution in [0.5, 0.6) is 17.2 Å². The quantitative estimate of drug-likeness (QED) is 0.198. The molecule has 10 heteroatoms. The van der Waals surface area contributed by atoms with Gasteiger partial charge in [0.05, 0.1) is 28.8 Å². The zero-order valence-electron chi connectivity index (χ0n) is 21.1. The highest BCUT2D eigenvalue weighted by atomic mass is 32.1. The van der Waals surface area contributed by atoms with Crippen LogP contribution in [-0.4, -0.2) is 47.4 Å². The van der Waals surface area contributed by atoms with Crippen LogP contribution in [0.25, 0.3) is 5.76 Å². The van der Waals surface area contributed by atoms with Crippen LogP contribution < -0.4 is 19.1 Å². The van der Waals surface area contributed by atoms with Crippen molar-refractivity contribution in [2.75, 3.05) is 24.7 Å². The van der Waals surface area contributed by atoms with Crippen molar-refractivity contribution in [3.05, 3.63) is 69.7 Å². The SMILES string of the molecule is CCCOc1cccc([C@@H]2C(=C(O)c3ccc4c(c3)OCCO4)C(=O)C(=O)N2c2nc(C)c(C(C)=O)s2)c1. The van der Waals surface area contributed by atoms with Crippen LogP contribution in [0.15, 0.2) is 48.0 Å². The number of hydrogen-bond acceptors (Lipinski definition) is 9. The average molecular weight is 535 g/mol. The molecule has 38 heavy (non-hydrogen) atoms. The molecule has 3 aromatic rings. The van der Waals surface area contributed by atoms with Crippen molar-refractivity contribution in [3.63, 3.8) is 0 Å². The number of ether oxygens (including phenoxy) is 3. The van der Waals surface area contributed by atoms with Crippen molar-refractivity contribution >= 4 is 39.7 Å². The molecule has 2 aromatic carbocycles. The summed E-state index contributed by atoms with van der Waals surface area (Å²) in [5.74, 6) is -0.729. The van der Waals surface area contributed by atoms with Gasteiger partial charge in [-0.2, -0.15) is 0 Å². The monoisotopic (exact) mass is 534 g/mol. The highest BCUT2D eigenvalue weighted by Crippen LogP contribution is 2.45. The maximum absolute atomic E-state index is 13.5. The molecular formula is C28H26N2O7S. The van der Waals surface area contributed by atoms with Gasteiger partial charge in [0, 0.05) is 12.5 Å². The molecule has 1 fully saturated rings. The summed E-state index contributed by atoms with van der Waals surface area (Å²) in [4.78, 5) is 45.1. The third-order valence-electron chi connectivity index (χ3n) is 6.22. The fraction of sp³-hybridized carbons (Fsp3) is 0.286. The predicted octanol–water partition coefficient (Wildman–Crippen LogP) is 4.84. The first-order chi connectivity index (χ1) is 18.3. The van der Waals surface area contributed by atoms with Crippen molar-refractivity contribution in [1.29, 1.82) is 0 Å². The van der Waals surface area contributed by atoms with Crippen LogP contribution in [0.2, 0.25) is 0 Å². The van der Waals surface area contributed by atoms with Gasteiger partial charge in [0.2, 0.25) is 0 Å². The number of carbonyl (C=O) groups is 3. The Labute approximate surface area is 223 Å². The van der Waals surface area contributed by atoms with Crippen molar-refractivity contribution in [1.82, 2.24) is 4.98 Å². The van der Waals surface area contributed by atoms with E-state index in [0.29, 0.717) is 58.8 Å². The Kier molecular flexibility index (Phi) is 6.90. The molecule has 1 N–H and O–H groups in total. The van der Waals surface area contributed by atoms with Crippen molar-refractivity contribution < 1.29 is 33.7 Å². The normalized spacial score (nSPS) is 18.1. The number of aryl methyl sites for hydroxylation is 1. The van der Waals surface area contributed by atoms with Crippen LogP contribution in [0.1, 0.15) is 52.8 Å². The summed E-state index contributed by atoms with van der Waals surface area (Å²) in [6.07, 6.45) is 0.805. The van der Waals surface area contributed by atoms with E-state index in [1.54, 1.807) is 49.4 Å². The highest BCUT2D eigenvalue weighted by molar-refractivity contribution is 7.18. The van der Waals surface area contributed by atoms with Gasteiger partial charge in [0.1, 0.15) is 24.7 Å². The topological polar surface area (TPSA) is 115 Å². The fourth-order valence-corrected chi connectivity index (χ4v) is 5.49. The molecule has 1 amide bonds. The molecule has 0 bridgehead atoms. The largest absolute Gasteiger partial charge is 0.507 e. The number of aromatic nitrogens is 1. The maximum Gasteiger partial charge on any atom is 0.301 e. The van der Waals surface area contributed by atoms with E-state index in [-0.39, 0.29) is 22.2 Å². The Morgan fingerprint density at radius 2 is 1.92 bits per heavy atom. The summed E-state index contributed by atoms with van der Waals surface area (Å²) < 4.78 is 17.0. The van der Waals surface area contributed by atoms with Crippen molar-refractivity contribution in [2.45, 2.75) is 33.2 Å². The van der Waals surface area contributed by atoms with Gasteiger partial charge >= 0.3 is 5.91 Å². The van der Waals surface area contributed by atoms with Gasteiger partial charge in [-0.1, -0.05) is 30.4 Å². The molecule has 9 nitrogen and oxygen atoms in total. The molecule has 0 saturated carbocycles. The number of amides is 1. The number of nitrogens with zero attached hydrogens (tertiary/aromatic N) is 2. The minimum Gasteiger partial charge on any atom is -0.507 e. The van der Waals surface area contributed by atoms with Crippen molar-refractivity contribution in [2.24, 2.45) is 0 Å². The fourth-order valence-electron chi connectivity index (χ4n) is 4.50. The third kappa shape index (κ3) is 4.51. The first-order valence-corrected chi connectivity index (χ1v) is 13.0. The number of hydrogen-bond donors (Lipinski definition) is 1. The van der Waals surface area contributed by atoms with Gasteiger partial charge < -0.3 is 19.3 Å². The Morgan fingerprint density at radius 1 is 1.16 bits per heavy atom. The van der Waals surface area contributed by atoms with E-state index < -0.39 is 17.7 Å². The Hall–Kier alpha value is -4.18. The number of thiazole rings is 1. The van der Waals surface area contributed by atoms with Crippen LogP contribution in [0.4, 0.5) is 5.13 Å². The van der Waals surface area contributed by atoms with Gasteiger partial charge in [-0.15, -0.1) is 0 Å². The number of carbonyl (C=O) groups excluding carboxylic acids is 3. The standard InChI is InChI=1S/C28H26N2O7S/c1-4-10-35-19-7-5-6-17(13-19)23-22(24(32)18-8-9-20-21(14-18)37-12-11-36-20)25(33)27(34)30(23)28-29-15(2)26(38-28)16(3)31/h5-9,13-14,23,32H,4,10-12H2,1-3H3/t23-/m1/s1. The number of benzene rings is 2. The molecule has 0 aliphatic carbocycles. The second-order valence-corrected chi connectivity index (χ2v) is 9.89. The molecule has 0 radical (unpaired) electrons. The lowest BCUT2D eigenvalue weighted by Gasteiger charge is -2.24. The molecule has 196 valence electrons. The number of anilines is 1. The van der Waals surface area contributed by atoms with Gasteiger partial charge in [0.15, 0.2) is 22.4 Å². The molecule has 2 aliphatic heterocycles. The molecule has 0 spiro atoms. The lowest BCUT2D eigenvalue weighted by Crippen LogP contribution is -2.29. The summed E-state index contributed by atoms with van der Waals surface area (Å²) >= 11 is 1.04. The first kappa shape index (κ1) is 25.5. The molecule has 2 aliphatic rings. The Morgan fingerprint density at radius 3 is 2.63 bits per heavy atom. The molecule has 1 aromatic heterocycles. The predicted molar refractivity (Wildman–Crippen MR) is 141 cm³/mol. The van der Waals surface area contributed by atoms with Crippen LogP contribution in [0.3, 0.4) is 0 Å². The second-order valence-electron chi connectivity index (χ2n) is 8.92. The summed E-state index contributed by atoms with van der Waals surface area (Å²) in [5.41, 5.74) is 1.21. The second kappa shape index (κ2) is 10.3. The van der Waals surface area contributed by atoms with Crippen LogP contribution in [0, 0.1) is 6.92 Å². The number of fused-ring (bicyclic) bond motifs is 1. The van der Waals surface area contributed by atoms with Crippen molar-refractivity contribution in [3.8, 4) is 17.2 Å². The summed E-state index contributed by atoms with van der Waals surface area (Å²) in [6.45, 7) is 6.35. The minimum absolute atomic E-state index is 0.100. The summed E-state index contributed by atoms with van der Waals surface area (Å²) in [5, 5.41) is 11.6.